The fourth-order valence-corrected chi connectivity index (χ4v) is 2.59. The molecule has 116 valence electrons. The normalized spacial score (nSPS) is 13.5. The third kappa shape index (κ3) is 4.18. The highest BCUT2D eigenvalue weighted by molar-refractivity contribution is 5.94. The molecule has 0 spiro atoms. The topological polar surface area (TPSA) is 45.7 Å². The van der Waals surface area contributed by atoms with Gasteiger partial charge in [0.1, 0.15) is 6.04 Å². The molecule has 22 heavy (non-hydrogen) atoms. The Balaban J connectivity index is 1.97. The summed E-state index contributed by atoms with van der Waals surface area (Å²) in [6.45, 7) is 8.13. The molecule has 0 saturated heterocycles. The average molecular weight is 297 g/mol. The molecule has 0 bridgehead atoms. The molecular weight excluding hydrogens is 272 g/mol. The van der Waals surface area contributed by atoms with Gasteiger partial charge in [-0.2, -0.15) is 0 Å². The number of carbonyl (C=O) groups excluding carboxylic acids is 1. The van der Waals surface area contributed by atoms with Crippen molar-refractivity contribution in [3.8, 4) is 0 Å². The lowest BCUT2D eigenvalue weighted by Crippen LogP contribution is -2.91. The molecule has 0 radical (unpaired) electrons. The number of amides is 1. The second kappa shape index (κ2) is 7.23. The maximum absolute atomic E-state index is 12.4. The zero-order valence-corrected chi connectivity index (χ0v) is 13.8. The van der Waals surface area contributed by atoms with Gasteiger partial charge < -0.3 is 10.6 Å². The molecular formula is C19H25N2O+. The number of rotatable bonds is 5. The molecule has 2 aromatic rings. The van der Waals surface area contributed by atoms with E-state index in [0.717, 1.165) is 11.3 Å². The predicted octanol–water partition coefficient (Wildman–Crippen LogP) is 2.96. The van der Waals surface area contributed by atoms with E-state index in [1.165, 1.54) is 11.1 Å². The van der Waals surface area contributed by atoms with Gasteiger partial charge >= 0.3 is 0 Å². The average Bonchev–Trinajstić information content (AvgIpc) is 2.50. The van der Waals surface area contributed by atoms with Crippen LogP contribution in [-0.4, -0.2) is 11.9 Å². The Hall–Kier alpha value is -2.13. The Morgan fingerprint density at radius 2 is 1.73 bits per heavy atom. The summed E-state index contributed by atoms with van der Waals surface area (Å²) in [5, 5.41) is 5.12. The largest absolute Gasteiger partial charge is 0.330 e. The summed E-state index contributed by atoms with van der Waals surface area (Å²) in [7, 11) is 0. The lowest BCUT2D eigenvalue weighted by atomic mass is 10.1. The Bertz CT molecular complexity index is 637. The van der Waals surface area contributed by atoms with Crippen LogP contribution in [-0.2, 0) is 4.79 Å². The number of benzene rings is 2. The first-order chi connectivity index (χ1) is 10.5. The number of nitrogens with two attached hydrogens (primary N) is 1. The summed E-state index contributed by atoms with van der Waals surface area (Å²) in [6, 6.07) is 16.4. The minimum atomic E-state index is -0.143. The van der Waals surface area contributed by atoms with E-state index in [2.05, 4.69) is 42.7 Å². The van der Waals surface area contributed by atoms with E-state index >= 15 is 0 Å². The minimum Gasteiger partial charge on any atom is -0.330 e. The molecule has 0 aliphatic carbocycles. The second-order valence-corrected chi connectivity index (χ2v) is 5.99. The van der Waals surface area contributed by atoms with Gasteiger partial charge in [0, 0.05) is 11.3 Å². The van der Waals surface area contributed by atoms with Gasteiger partial charge in [0.05, 0.1) is 0 Å². The lowest BCUT2D eigenvalue weighted by Gasteiger charge is -2.17. The summed E-state index contributed by atoms with van der Waals surface area (Å²) >= 11 is 0. The molecule has 0 unspecified atom stereocenters. The van der Waals surface area contributed by atoms with Gasteiger partial charge in [-0.25, -0.2) is 0 Å². The summed E-state index contributed by atoms with van der Waals surface area (Å²) in [4.78, 5) is 12.4. The molecule has 0 heterocycles. The van der Waals surface area contributed by atoms with E-state index in [0.29, 0.717) is 0 Å². The third-order valence-electron chi connectivity index (χ3n) is 3.96. The van der Waals surface area contributed by atoms with E-state index in [1.807, 2.05) is 44.2 Å². The van der Waals surface area contributed by atoms with Gasteiger partial charge in [-0.15, -0.1) is 0 Å². The highest BCUT2D eigenvalue weighted by Gasteiger charge is 2.20. The highest BCUT2D eigenvalue weighted by Crippen LogP contribution is 2.16. The summed E-state index contributed by atoms with van der Waals surface area (Å²) in [6.07, 6.45) is 0. The lowest BCUT2D eigenvalue weighted by molar-refractivity contribution is -0.709. The van der Waals surface area contributed by atoms with Gasteiger partial charge in [-0.3, -0.25) is 4.79 Å². The number of hydrogen-bond acceptors (Lipinski definition) is 1. The Morgan fingerprint density at radius 1 is 1.05 bits per heavy atom. The second-order valence-electron chi connectivity index (χ2n) is 5.99. The van der Waals surface area contributed by atoms with E-state index in [9.17, 15) is 4.79 Å². The van der Waals surface area contributed by atoms with Crippen LogP contribution in [0.5, 0.6) is 0 Å². The molecule has 3 N–H and O–H groups in total. The Labute approximate surface area is 132 Å². The van der Waals surface area contributed by atoms with Gasteiger partial charge in [-0.05, 0) is 39.3 Å². The monoisotopic (exact) mass is 297 g/mol. The number of anilines is 1. The fraction of sp³-hybridized carbons (Fsp3) is 0.316. The molecule has 3 nitrogen and oxygen atoms in total. The Kier molecular flexibility index (Phi) is 5.34. The zero-order chi connectivity index (χ0) is 16.1. The number of nitrogens with one attached hydrogen (secondary N) is 1. The molecule has 0 aliphatic heterocycles. The van der Waals surface area contributed by atoms with Crippen molar-refractivity contribution in [2.75, 3.05) is 5.32 Å². The quantitative estimate of drug-likeness (QED) is 0.875. The molecule has 2 aromatic carbocycles. The predicted molar refractivity (Wildman–Crippen MR) is 90.8 cm³/mol. The molecule has 0 fully saturated rings. The van der Waals surface area contributed by atoms with Crippen molar-refractivity contribution in [1.82, 2.24) is 0 Å². The third-order valence-corrected chi connectivity index (χ3v) is 3.96. The van der Waals surface area contributed by atoms with E-state index in [-0.39, 0.29) is 18.0 Å². The molecule has 1 amide bonds. The van der Waals surface area contributed by atoms with Crippen LogP contribution in [0.2, 0.25) is 0 Å². The van der Waals surface area contributed by atoms with Crippen molar-refractivity contribution in [2.45, 2.75) is 39.8 Å². The SMILES string of the molecule is Cc1ccc(NC(=O)[C@H](C)[NH2+][C@@H](C)c2ccccc2)c(C)c1. The van der Waals surface area contributed by atoms with Crippen LogP contribution in [0, 0.1) is 13.8 Å². The number of quaternary nitrogens is 1. The summed E-state index contributed by atoms with van der Waals surface area (Å²) < 4.78 is 0. The van der Waals surface area contributed by atoms with Crippen molar-refractivity contribution in [1.29, 1.82) is 0 Å². The van der Waals surface area contributed by atoms with Crippen molar-refractivity contribution < 1.29 is 10.1 Å². The summed E-state index contributed by atoms with van der Waals surface area (Å²) in [5.41, 5.74) is 4.42. The van der Waals surface area contributed by atoms with Crippen LogP contribution in [0.3, 0.4) is 0 Å². The number of carbonyl (C=O) groups is 1. The maximum Gasteiger partial charge on any atom is 0.282 e. The standard InChI is InChI=1S/C19H24N2O/c1-13-10-11-18(14(2)12-13)21-19(22)16(4)20-15(3)17-8-6-5-7-9-17/h5-12,15-16,20H,1-4H3,(H,21,22)/p+1/t15-,16-/m0/s1. The molecule has 2 atom stereocenters. The van der Waals surface area contributed by atoms with Gasteiger partial charge in [-0.1, -0.05) is 48.0 Å². The maximum atomic E-state index is 12.4. The summed E-state index contributed by atoms with van der Waals surface area (Å²) in [5.74, 6) is 0.0368. The van der Waals surface area contributed by atoms with Crippen molar-refractivity contribution >= 4 is 11.6 Å². The van der Waals surface area contributed by atoms with Crippen molar-refractivity contribution in [3.05, 3.63) is 65.2 Å². The van der Waals surface area contributed by atoms with Crippen LogP contribution >= 0.6 is 0 Å². The minimum absolute atomic E-state index is 0.0368. The van der Waals surface area contributed by atoms with Crippen LogP contribution in [0.1, 0.15) is 36.6 Å². The van der Waals surface area contributed by atoms with Crippen LogP contribution in [0.15, 0.2) is 48.5 Å². The molecule has 2 rings (SSSR count). The molecule has 0 aromatic heterocycles. The molecule has 0 saturated carbocycles. The van der Waals surface area contributed by atoms with E-state index in [1.54, 1.807) is 0 Å². The van der Waals surface area contributed by atoms with E-state index < -0.39 is 0 Å². The Morgan fingerprint density at radius 3 is 2.36 bits per heavy atom. The first-order valence-electron chi connectivity index (χ1n) is 7.75. The smallest absolute Gasteiger partial charge is 0.282 e. The molecule has 0 aliphatic rings. The van der Waals surface area contributed by atoms with Gasteiger partial charge in [0.25, 0.3) is 5.91 Å². The molecule has 3 heteroatoms. The van der Waals surface area contributed by atoms with Gasteiger partial charge in [0.15, 0.2) is 6.04 Å². The zero-order valence-electron chi connectivity index (χ0n) is 13.8. The first kappa shape index (κ1) is 16.2. The van der Waals surface area contributed by atoms with Crippen molar-refractivity contribution in [2.24, 2.45) is 0 Å². The van der Waals surface area contributed by atoms with Crippen LogP contribution < -0.4 is 10.6 Å². The van der Waals surface area contributed by atoms with Gasteiger partial charge in [0.2, 0.25) is 0 Å². The highest BCUT2D eigenvalue weighted by atomic mass is 16.2. The fourth-order valence-electron chi connectivity index (χ4n) is 2.59. The number of hydrogen-bond donors (Lipinski definition) is 2. The first-order valence-corrected chi connectivity index (χ1v) is 7.75. The van der Waals surface area contributed by atoms with Crippen LogP contribution in [0.4, 0.5) is 5.69 Å². The van der Waals surface area contributed by atoms with Crippen molar-refractivity contribution in [3.63, 3.8) is 0 Å². The number of aryl methyl sites for hydroxylation is 2. The van der Waals surface area contributed by atoms with Crippen LogP contribution in [0.25, 0.3) is 0 Å². The van der Waals surface area contributed by atoms with E-state index in [4.69, 9.17) is 0 Å².